The van der Waals surface area contributed by atoms with Gasteiger partial charge in [0.05, 0.1) is 34.2 Å². The van der Waals surface area contributed by atoms with Crippen LogP contribution in [0.3, 0.4) is 0 Å². The smallest absolute Gasteiger partial charge is 0.256 e. The van der Waals surface area contributed by atoms with Gasteiger partial charge in [-0.3, -0.25) is 4.79 Å². The van der Waals surface area contributed by atoms with E-state index in [4.69, 9.17) is 10.1 Å². The molecule has 1 aliphatic heterocycles. The molecule has 1 N–H and O–H groups in total. The van der Waals surface area contributed by atoms with Crippen LogP contribution in [0.15, 0.2) is 24.3 Å². The molecule has 2 aliphatic rings. The largest absolute Gasteiger partial charge is 0.321 e. The number of carbonyl (C=O) groups excluding carboxylic acids is 1. The molecule has 186 valence electrons. The van der Waals surface area contributed by atoms with E-state index in [0.29, 0.717) is 34.6 Å². The average molecular weight is 495 g/mol. The van der Waals surface area contributed by atoms with Crippen LogP contribution in [0.4, 0.5) is 5.69 Å². The van der Waals surface area contributed by atoms with E-state index in [9.17, 15) is 13.2 Å². The summed E-state index contributed by atoms with van der Waals surface area (Å²) in [4.78, 5) is 18.8. The first-order valence-electron chi connectivity index (χ1n) is 12.6. The molecular weight excluding hydrogens is 460 g/mol. The van der Waals surface area contributed by atoms with Crippen molar-refractivity contribution in [1.29, 1.82) is 0 Å². The number of pyridine rings is 1. The molecule has 1 aromatic carbocycles. The van der Waals surface area contributed by atoms with E-state index in [1.54, 1.807) is 4.68 Å². The Balaban J connectivity index is 1.63. The molecule has 0 radical (unpaired) electrons. The Hall–Kier alpha value is -2.74. The molecule has 1 unspecified atom stereocenters. The van der Waals surface area contributed by atoms with Crippen LogP contribution in [0.5, 0.6) is 0 Å². The summed E-state index contributed by atoms with van der Waals surface area (Å²) in [7, 11) is -3.08. The van der Waals surface area contributed by atoms with Crippen LogP contribution in [0.1, 0.15) is 104 Å². The van der Waals surface area contributed by atoms with Crippen LogP contribution in [-0.4, -0.2) is 40.6 Å². The van der Waals surface area contributed by atoms with Crippen molar-refractivity contribution in [3.05, 3.63) is 52.3 Å². The quantitative estimate of drug-likeness (QED) is 0.490. The van der Waals surface area contributed by atoms with Crippen molar-refractivity contribution >= 4 is 32.5 Å². The van der Waals surface area contributed by atoms with Gasteiger partial charge in [-0.15, -0.1) is 0 Å². The normalized spacial score (nSPS) is 19.7. The van der Waals surface area contributed by atoms with E-state index in [1.807, 2.05) is 13.0 Å². The highest BCUT2D eigenvalue weighted by atomic mass is 32.2. The maximum atomic E-state index is 13.9. The molecule has 35 heavy (non-hydrogen) atoms. The summed E-state index contributed by atoms with van der Waals surface area (Å²) in [6.07, 6.45) is 2.63. The monoisotopic (exact) mass is 494 g/mol. The summed E-state index contributed by atoms with van der Waals surface area (Å²) < 4.78 is 26.1. The van der Waals surface area contributed by atoms with Gasteiger partial charge in [0.25, 0.3) is 5.91 Å². The van der Waals surface area contributed by atoms with Crippen LogP contribution < -0.4 is 5.32 Å². The Labute approximate surface area is 207 Å². The topological polar surface area (TPSA) is 93.9 Å². The summed E-state index contributed by atoms with van der Waals surface area (Å²) in [5.74, 6) is 0.929. The van der Waals surface area contributed by atoms with Gasteiger partial charge in [0, 0.05) is 17.3 Å². The summed E-state index contributed by atoms with van der Waals surface area (Å²) in [5, 5.41) is 8.68. The van der Waals surface area contributed by atoms with Crippen LogP contribution in [0.2, 0.25) is 0 Å². The highest BCUT2D eigenvalue weighted by molar-refractivity contribution is 7.91. The van der Waals surface area contributed by atoms with Gasteiger partial charge in [0.1, 0.15) is 0 Å². The molecule has 1 saturated carbocycles. The van der Waals surface area contributed by atoms with Crippen LogP contribution in [0.25, 0.3) is 11.0 Å². The van der Waals surface area contributed by atoms with Crippen LogP contribution in [0, 0.1) is 6.92 Å². The molecule has 8 heteroatoms. The maximum Gasteiger partial charge on any atom is 0.256 e. The minimum Gasteiger partial charge on any atom is -0.321 e. The summed E-state index contributed by atoms with van der Waals surface area (Å²) in [6.45, 7) is 10.4. The first kappa shape index (κ1) is 24.0. The summed E-state index contributed by atoms with van der Waals surface area (Å²) in [5.41, 5.74) is 5.89. The lowest BCUT2D eigenvalue weighted by Gasteiger charge is -2.20. The number of hydrogen-bond donors (Lipinski definition) is 1. The zero-order chi connectivity index (χ0) is 25.1. The summed E-state index contributed by atoms with van der Waals surface area (Å²) in [6, 6.07) is 7.89. The Bertz CT molecular complexity index is 1390. The molecule has 3 heterocycles. The molecule has 2 fully saturated rings. The fourth-order valence-corrected chi connectivity index (χ4v) is 6.89. The van der Waals surface area contributed by atoms with Gasteiger partial charge in [-0.05, 0) is 55.2 Å². The number of sulfone groups is 1. The number of nitrogens with zero attached hydrogens (tertiary/aromatic N) is 3. The third-order valence-electron chi connectivity index (χ3n) is 7.26. The van der Waals surface area contributed by atoms with Gasteiger partial charge in [0.2, 0.25) is 0 Å². The number of aryl methyl sites for hydroxylation is 1. The van der Waals surface area contributed by atoms with E-state index in [1.165, 1.54) is 0 Å². The van der Waals surface area contributed by atoms with Gasteiger partial charge >= 0.3 is 0 Å². The zero-order valence-electron chi connectivity index (χ0n) is 21.1. The van der Waals surface area contributed by atoms with Crippen LogP contribution in [-0.2, 0) is 9.84 Å². The molecule has 5 rings (SSSR count). The Morgan fingerprint density at radius 2 is 1.74 bits per heavy atom. The number of benzene rings is 1. The van der Waals surface area contributed by atoms with E-state index < -0.39 is 9.84 Å². The lowest BCUT2D eigenvalue weighted by molar-refractivity contribution is 0.102. The van der Waals surface area contributed by atoms with E-state index >= 15 is 0 Å². The predicted octanol–water partition coefficient (Wildman–Crippen LogP) is 5.48. The molecule has 1 atom stereocenters. The van der Waals surface area contributed by atoms with E-state index in [2.05, 4.69) is 51.2 Å². The second kappa shape index (κ2) is 8.73. The van der Waals surface area contributed by atoms with Gasteiger partial charge in [-0.1, -0.05) is 45.9 Å². The number of para-hydroxylation sites is 1. The minimum absolute atomic E-state index is 0.0690. The first-order chi connectivity index (χ1) is 16.6. The molecule has 0 bridgehead atoms. The molecule has 3 aromatic rings. The number of hydrogen-bond acceptors (Lipinski definition) is 5. The van der Waals surface area contributed by atoms with Crippen LogP contribution >= 0.6 is 0 Å². The third kappa shape index (κ3) is 4.48. The second-order valence-corrected chi connectivity index (χ2v) is 13.0. The Morgan fingerprint density at radius 1 is 1.09 bits per heavy atom. The molecule has 7 nitrogen and oxygen atoms in total. The number of anilines is 1. The van der Waals surface area contributed by atoms with E-state index in [-0.39, 0.29) is 35.3 Å². The van der Waals surface area contributed by atoms with Gasteiger partial charge < -0.3 is 5.32 Å². The van der Waals surface area contributed by atoms with Crippen molar-refractivity contribution in [3.63, 3.8) is 0 Å². The maximum absolute atomic E-state index is 13.9. The Kier molecular flexibility index (Phi) is 5.98. The lowest BCUT2D eigenvalue weighted by atomic mass is 9.92. The number of rotatable bonds is 6. The third-order valence-corrected chi connectivity index (χ3v) is 9.01. The van der Waals surface area contributed by atoms with Gasteiger partial charge in [-0.25, -0.2) is 18.1 Å². The SMILES string of the molecule is Cc1nn(C2CCS(=O)(=O)C2)c2nc(C3CC3)cc(C(=O)Nc3c(C(C)C)cccc3C(C)C)c12. The summed E-state index contributed by atoms with van der Waals surface area (Å²) >= 11 is 0. The number of fused-ring (bicyclic) bond motifs is 1. The number of aromatic nitrogens is 3. The number of carbonyl (C=O) groups is 1. The lowest BCUT2D eigenvalue weighted by Crippen LogP contribution is -2.17. The van der Waals surface area contributed by atoms with Gasteiger partial charge in [0.15, 0.2) is 15.5 Å². The Morgan fingerprint density at radius 3 is 2.29 bits per heavy atom. The molecule has 1 amide bonds. The highest BCUT2D eigenvalue weighted by Gasteiger charge is 2.34. The molecule has 1 saturated heterocycles. The molecular formula is C27H34N4O3S. The predicted molar refractivity (Wildman–Crippen MR) is 139 cm³/mol. The van der Waals surface area contributed by atoms with Crippen molar-refractivity contribution in [2.75, 3.05) is 16.8 Å². The van der Waals surface area contributed by atoms with Crippen molar-refractivity contribution in [1.82, 2.24) is 14.8 Å². The number of amides is 1. The van der Waals surface area contributed by atoms with Crippen molar-refractivity contribution in [2.24, 2.45) is 0 Å². The standard InChI is InChI=1S/C27H34N4O3S/c1-15(2)20-7-6-8-21(16(3)4)25(20)29-27(32)22-13-23(18-9-10-18)28-26-24(22)17(5)30-31(26)19-11-12-35(33,34)14-19/h6-8,13,15-16,18-19H,9-12,14H2,1-5H3,(H,29,32). The highest BCUT2D eigenvalue weighted by Crippen LogP contribution is 2.41. The first-order valence-corrected chi connectivity index (χ1v) is 14.4. The molecule has 1 aliphatic carbocycles. The second-order valence-electron chi connectivity index (χ2n) is 10.7. The van der Waals surface area contributed by atoms with Crippen molar-refractivity contribution < 1.29 is 13.2 Å². The van der Waals surface area contributed by atoms with Crippen molar-refractivity contribution in [3.8, 4) is 0 Å². The minimum atomic E-state index is -3.08. The molecule has 0 spiro atoms. The van der Waals surface area contributed by atoms with E-state index in [0.717, 1.165) is 35.3 Å². The molecule has 2 aromatic heterocycles. The zero-order valence-corrected chi connectivity index (χ0v) is 21.9. The van der Waals surface area contributed by atoms with Gasteiger partial charge in [-0.2, -0.15) is 5.10 Å². The fraction of sp³-hybridized carbons (Fsp3) is 0.519. The fourth-order valence-electron chi connectivity index (χ4n) is 5.20. The average Bonchev–Trinajstić information content (AvgIpc) is 3.51. The number of nitrogens with one attached hydrogen (secondary N) is 1. The van der Waals surface area contributed by atoms with Crippen molar-refractivity contribution in [2.45, 2.75) is 77.7 Å².